The van der Waals surface area contributed by atoms with Gasteiger partial charge in [-0.05, 0) is 50.9 Å². The summed E-state index contributed by atoms with van der Waals surface area (Å²) in [6.45, 7) is 3.69. The van der Waals surface area contributed by atoms with Crippen molar-refractivity contribution in [3.8, 4) is 11.4 Å². The normalized spacial score (nSPS) is 17.1. The number of hydrogen-bond donors (Lipinski definition) is 1. The summed E-state index contributed by atoms with van der Waals surface area (Å²) in [5.41, 5.74) is 2.10. The molecule has 2 amide bonds. The number of anilines is 1. The van der Waals surface area contributed by atoms with Gasteiger partial charge in [0.1, 0.15) is 0 Å². The zero-order chi connectivity index (χ0) is 23.3. The monoisotopic (exact) mass is 459 g/mol. The van der Waals surface area contributed by atoms with Crippen molar-refractivity contribution in [2.45, 2.75) is 32.2 Å². The van der Waals surface area contributed by atoms with Crippen LogP contribution in [-0.2, 0) is 11.3 Å². The molecule has 176 valence electrons. The van der Waals surface area contributed by atoms with Crippen molar-refractivity contribution < 1.29 is 14.1 Å². The fourth-order valence-corrected chi connectivity index (χ4v) is 4.67. The minimum Gasteiger partial charge on any atom is -0.339 e. The van der Waals surface area contributed by atoms with E-state index in [9.17, 15) is 9.59 Å². The maximum atomic E-state index is 13.0. The predicted octanol–water partition coefficient (Wildman–Crippen LogP) is 3.82. The standard InChI is InChI=1S/C26H29N5O3/c32-25(27-22-11-5-4-10-21(22)26(33)31-14-6-7-15-31)20-12-16-30(17-13-20)18-23-28-24(29-34-23)19-8-2-1-3-9-19/h1-5,8-11,20H,6-7,12-18H2,(H,27,32). The smallest absolute Gasteiger partial charge is 0.255 e. The number of piperidine rings is 1. The van der Waals surface area contributed by atoms with Crippen LogP contribution in [0.15, 0.2) is 59.1 Å². The Morgan fingerprint density at radius 3 is 2.41 bits per heavy atom. The molecule has 0 aliphatic carbocycles. The fourth-order valence-electron chi connectivity index (χ4n) is 4.67. The number of nitrogens with zero attached hydrogens (tertiary/aromatic N) is 4. The first-order chi connectivity index (χ1) is 16.7. The summed E-state index contributed by atoms with van der Waals surface area (Å²) in [5.74, 6) is 1.06. The largest absolute Gasteiger partial charge is 0.339 e. The predicted molar refractivity (Wildman–Crippen MR) is 128 cm³/mol. The molecule has 2 fully saturated rings. The molecule has 1 aromatic heterocycles. The molecule has 2 aromatic carbocycles. The average Bonchev–Trinajstić information content (AvgIpc) is 3.58. The van der Waals surface area contributed by atoms with Crippen molar-refractivity contribution >= 4 is 17.5 Å². The number of benzene rings is 2. The number of nitrogens with one attached hydrogen (secondary N) is 1. The van der Waals surface area contributed by atoms with Crippen LogP contribution in [0.1, 0.15) is 41.9 Å². The average molecular weight is 460 g/mol. The van der Waals surface area contributed by atoms with E-state index in [1.54, 1.807) is 6.07 Å². The van der Waals surface area contributed by atoms with Gasteiger partial charge < -0.3 is 14.7 Å². The molecule has 8 nitrogen and oxygen atoms in total. The summed E-state index contributed by atoms with van der Waals surface area (Å²) in [6, 6.07) is 17.1. The number of carbonyl (C=O) groups excluding carboxylic acids is 2. The molecular weight excluding hydrogens is 430 g/mol. The summed E-state index contributed by atoms with van der Waals surface area (Å²) in [7, 11) is 0. The Balaban J connectivity index is 1.15. The van der Waals surface area contributed by atoms with Gasteiger partial charge in [-0.15, -0.1) is 0 Å². The van der Waals surface area contributed by atoms with Gasteiger partial charge in [-0.3, -0.25) is 14.5 Å². The highest BCUT2D eigenvalue weighted by Gasteiger charge is 2.28. The van der Waals surface area contributed by atoms with Crippen molar-refractivity contribution in [3.63, 3.8) is 0 Å². The molecule has 3 aromatic rings. The molecule has 0 atom stereocenters. The Kier molecular flexibility index (Phi) is 6.67. The summed E-state index contributed by atoms with van der Waals surface area (Å²) < 4.78 is 5.43. The number of hydrogen-bond acceptors (Lipinski definition) is 6. The van der Waals surface area contributed by atoms with Gasteiger partial charge in [0.25, 0.3) is 5.91 Å². The molecule has 0 bridgehead atoms. The molecule has 0 spiro atoms. The van der Waals surface area contributed by atoms with Gasteiger partial charge in [-0.2, -0.15) is 4.98 Å². The second kappa shape index (κ2) is 10.2. The summed E-state index contributed by atoms with van der Waals surface area (Å²) in [6.07, 6.45) is 3.56. The lowest BCUT2D eigenvalue weighted by atomic mass is 9.95. The highest BCUT2D eigenvalue weighted by molar-refractivity contribution is 6.04. The summed E-state index contributed by atoms with van der Waals surface area (Å²) >= 11 is 0. The second-order valence-corrected chi connectivity index (χ2v) is 8.96. The first kappa shape index (κ1) is 22.3. The van der Waals surface area contributed by atoms with Gasteiger partial charge in [0.05, 0.1) is 17.8 Å². The van der Waals surface area contributed by atoms with Gasteiger partial charge >= 0.3 is 0 Å². The van der Waals surface area contributed by atoms with E-state index in [-0.39, 0.29) is 17.7 Å². The van der Waals surface area contributed by atoms with Gasteiger partial charge in [0.15, 0.2) is 0 Å². The zero-order valence-corrected chi connectivity index (χ0v) is 19.2. The van der Waals surface area contributed by atoms with E-state index in [1.807, 2.05) is 53.4 Å². The number of carbonyl (C=O) groups is 2. The van der Waals surface area contributed by atoms with E-state index < -0.39 is 0 Å². The molecule has 8 heteroatoms. The third-order valence-electron chi connectivity index (χ3n) is 6.63. The SMILES string of the molecule is O=C(Nc1ccccc1C(=O)N1CCCC1)C1CCN(Cc2nc(-c3ccccc3)no2)CC1. The first-order valence-corrected chi connectivity index (χ1v) is 12.0. The summed E-state index contributed by atoms with van der Waals surface area (Å²) in [5, 5.41) is 7.11. The van der Waals surface area contributed by atoms with Crippen LogP contribution < -0.4 is 5.32 Å². The van der Waals surface area contributed by atoms with Crippen molar-refractivity contribution in [2.24, 2.45) is 5.92 Å². The molecule has 3 heterocycles. The summed E-state index contributed by atoms with van der Waals surface area (Å²) in [4.78, 5) is 34.5. The molecule has 34 heavy (non-hydrogen) atoms. The van der Waals surface area contributed by atoms with Crippen molar-refractivity contribution in [3.05, 3.63) is 66.1 Å². The number of aromatic nitrogens is 2. The van der Waals surface area contributed by atoms with E-state index >= 15 is 0 Å². The lowest BCUT2D eigenvalue weighted by molar-refractivity contribution is -0.121. The van der Waals surface area contributed by atoms with Crippen LogP contribution in [0.4, 0.5) is 5.69 Å². The lowest BCUT2D eigenvalue weighted by Crippen LogP contribution is -2.38. The van der Waals surface area contributed by atoms with Gasteiger partial charge in [0.2, 0.25) is 17.6 Å². The quantitative estimate of drug-likeness (QED) is 0.603. The molecule has 5 rings (SSSR count). The number of amides is 2. The van der Waals surface area contributed by atoms with Crippen molar-refractivity contribution in [2.75, 3.05) is 31.5 Å². The zero-order valence-electron chi connectivity index (χ0n) is 19.2. The Morgan fingerprint density at radius 1 is 0.941 bits per heavy atom. The van der Waals surface area contributed by atoms with Crippen LogP contribution in [0.25, 0.3) is 11.4 Å². The molecule has 2 aliphatic heterocycles. The highest BCUT2D eigenvalue weighted by atomic mass is 16.5. The molecule has 2 aliphatic rings. The van der Waals surface area contributed by atoms with Crippen LogP contribution in [-0.4, -0.2) is 57.9 Å². The van der Waals surface area contributed by atoms with E-state index in [1.165, 1.54) is 0 Å². The molecule has 0 unspecified atom stereocenters. The Bertz CT molecular complexity index is 1130. The molecular formula is C26H29N5O3. The number of likely N-dealkylation sites (tertiary alicyclic amines) is 2. The topological polar surface area (TPSA) is 91.6 Å². The number of rotatable bonds is 6. The van der Waals surface area contributed by atoms with Crippen LogP contribution in [0, 0.1) is 5.92 Å². The van der Waals surface area contributed by atoms with Crippen molar-refractivity contribution in [1.29, 1.82) is 0 Å². The third kappa shape index (κ3) is 5.02. The van der Waals surface area contributed by atoms with Crippen LogP contribution in [0.3, 0.4) is 0 Å². The van der Waals surface area contributed by atoms with Crippen LogP contribution in [0.2, 0.25) is 0 Å². The van der Waals surface area contributed by atoms with E-state index in [0.717, 1.165) is 57.4 Å². The minimum atomic E-state index is -0.0891. The molecule has 1 N–H and O–H groups in total. The molecule has 2 saturated heterocycles. The Labute approximate surface area is 198 Å². The Morgan fingerprint density at radius 2 is 1.65 bits per heavy atom. The first-order valence-electron chi connectivity index (χ1n) is 12.0. The maximum Gasteiger partial charge on any atom is 0.255 e. The van der Waals surface area contributed by atoms with E-state index in [4.69, 9.17) is 4.52 Å². The highest BCUT2D eigenvalue weighted by Crippen LogP contribution is 2.24. The third-order valence-corrected chi connectivity index (χ3v) is 6.63. The molecule has 0 radical (unpaired) electrons. The second-order valence-electron chi connectivity index (χ2n) is 8.96. The number of para-hydroxylation sites is 1. The van der Waals surface area contributed by atoms with Crippen LogP contribution >= 0.6 is 0 Å². The Hall–Kier alpha value is -3.52. The van der Waals surface area contributed by atoms with Gasteiger partial charge in [-0.25, -0.2) is 0 Å². The van der Waals surface area contributed by atoms with E-state index in [0.29, 0.717) is 29.5 Å². The van der Waals surface area contributed by atoms with Gasteiger partial charge in [0, 0.05) is 24.6 Å². The maximum absolute atomic E-state index is 13.0. The minimum absolute atomic E-state index is 0.00218. The van der Waals surface area contributed by atoms with Crippen molar-refractivity contribution in [1.82, 2.24) is 19.9 Å². The fraction of sp³-hybridized carbons (Fsp3) is 0.385. The van der Waals surface area contributed by atoms with E-state index in [2.05, 4.69) is 20.4 Å². The van der Waals surface area contributed by atoms with Crippen LogP contribution in [0.5, 0.6) is 0 Å². The lowest BCUT2D eigenvalue weighted by Gasteiger charge is -2.30. The molecule has 0 saturated carbocycles. The van der Waals surface area contributed by atoms with Gasteiger partial charge in [-0.1, -0.05) is 47.6 Å².